The Hall–Kier alpha value is -2.30. The first-order valence-electron chi connectivity index (χ1n) is 9.41. The highest BCUT2D eigenvalue weighted by Gasteiger charge is 2.20. The number of piperazine rings is 1. The van der Waals surface area contributed by atoms with Crippen LogP contribution in [0.5, 0.6) is 0 Å². The minimum atomic E-state index is -0.277. The van der Waals surface area contributed by atoms with Crippen molar-refractivity contribution in [2.75, 3.05) is 31.1 Å². The molecular formula is C22H23ClN2O2. The zero-order valence-corrected chi connectivity index (χ0v) is 16.2. The average Bonchev–Trinajstić information content (AvgIpc) is 2.68. The second-order valence-electron chi connectivity index (χ2n) is 6.99. The summed E-state index contributed by atoms with van der Waals surface area (Å²) >= 11 is 6.33. The molecule has 4 rings (SSSR count). The first-order valence-corrected chi connectivity index (χ1v) is 9.79. The normalized spacial score (nSPS) is 15.4. The number of fused-ring (bicyclic) bond motifs is 1. The van der Waals surface area contributed by atoms with Crippen molar-refractivity contribution in [1.82, 2.24) is 4.90 Å². The van der Waals surface area contributed by atoms with Gasteiger partial charge in [0.05, 0.1) is 10.7 Å². The molecule has 1 aliphatic rings. The molecule has 4 nitrogen and oxygen atoms in total. The summed E-state index contributed by atoms with van der Waals surface area (Å²) in [6, 6.07) is 15.8. The van der Waals surface area contributed by atoms with E-state index in [1.807, 2.05) is 24.3 Å². The molecule has 0 radical (unpaired) electrons. The number of benzene rings is 2. The van der Waals surface area contributed by atoms with Crippen LogP contribution in [0, 0.1) is 0 Å². The zero-order chi connectivity index (χ0) is 18.8. The predicted molar refractivity (Wildman–Crippen MR) is 111 cm³/mol. The second kappa shape index (κ2) is 7.75. The molecular weight excluding hydrogens is 360 g/mol. The number of rotatable bonds is 4. The van der Waals surface area contributed by atoms with Crippen LogP contribution in [0.1, 0.15) is 18.1 Å². The molecule has 0 amide bonds. The van der Waals surface area contributed by atoms with E-state index in [0.29, 0.717) is 5.58 Å². The van der Waals surface area contributed by atoms with Crippen LogP contribution in [0.15, 0.2) is 57.7 Å². The third-order valence-corrected chi connectivity index (χ3v) is 5.58. The van der Waals surface area contributed by atoms with E-state index in [1.165, 1.54) is 5.56 Å². The SMILES string of the molecule is CCc1ccc2c(CN3CCN(c4ccccc4Cl)CC3)cc(=O)oc2c1. The summed E-state index contributed by atoms with van der Waals surface area (Å²) in [6.45, 7) is 6.55. The molecule has 5 heteroatoms. The molecule has 1 aromatic heterocycles. The molecule has 3 aromatic rings. The second-order valence-corrected chi connectivity index (χ2v) is 7.40. The van der Waals surface area contributed by atoms with Gasteiger partial charge < -0.3 is 9.32 Å². The van der Waals surface area contributed by atoms with Crippen LogP contribution in [0.4, 0.5) is 5.69 Å². The zero-order valence-electron chi connectivity index (χ0n) is 15.5. The van der Waals surface area contributed by atoms with E-state index in [9.17, 15) is 4.79 Å². The van der Waals surface area contributed by atoms with Crippen molar-refractivity contribution in [3.63, 3.8) is 0 Å². The fraction of sp³-hybridized carbons (Fsp3) is 0.318. The highest BCUT2D eigenvalue weighted by atomic mass is 35.5. The molecule has 0 atom stereocenters. The van der Waals surface area contributed by atoms with Crippen molar-refractivity contribution >= 4 is 28.3 Å². The molecule has 0 N–H and O–H groups in total. The van der Waals surface area contributed by atoms with E-state index in [4.69, 9.17) is 16.0 Å². The van der Waals surface area contributed by atoms with E-state index in [2.05, 4.69) is 34.9 Å². The summed E-state index contributed by atoms with van der Waals surface area (Å²) in [7, 11) is 0. The van der Waals surface area contributed by atoms with Gasteiger partial charge in [-0.05, 0) is 35.7 Å². The smallest absolute Gasteiger partial charge is 0.336 e. The summed E-state index contributed by atoms with van der Waals surface area (Å²) in [5.41, 5.74) is 3.72. The van der Waals surface area contributed by atoms with Gasteiger partial charge in [0.25, 0.3) is 0 Å². The fourth-order valence-electron chi connectivity index (χ4n) is 3.72. The number of para-hydroxylation sites is 1. The first-order chi connectivity index (χ1) is 13.1. The quantitative estimate of drug-likeness (QED) is 0.629. The van der Waals surface area contributed by atoms with E-state index in [0.717, 1.165) is 60.8 Å². The van der Waals surface area contributed by atoms with Crippen molar-refractivity contribution in [2.45, 2.75) is 19.9 Å². The van der Waals surface area contributed by atoms with Gasteiger partial charge in [0.2, 0.25) is 0 Å². The van der Waals surface area contributed by atoms with Gasteiger partial charge in [0.1, 0.15) is 5.58 Å². The number of hydrogen-bond acceptors (Lipinski definition) is 4. The Bertz CT molecular complexity index is 1010. The molecule has 1 aliphatic heterocycles. The molecule has 0 aliphatic carbocycles. The van der Waals surface area contributed by atoms with Crippen LogP contribution < -0.4 is 10.5 Å². The van der Waals surface area contributed by atoms with Gasteiger partial charge in [-0.15, -0.1) is 0 Å². The minimum absolute atomic E-state index is 0.277. The molecule has 0 saturated carbocycles. The third kappa shape index (κ3) is 3.87. The van der Waals surface area contributed by atoms with E-state index in [-0.39, 0.29) is 5.63 Å². The molecule has 0 bridgehead atoms. The van der Waals surface area contributed by atoms with Gasteiger partial charge in [-0.25, -0.2) is 4.79 Å². The largest absolute Gasteiger partial charge is 0.423 e. The molecule has 1 saturated heterocycles. The molecule has 2 aromatic carbocycles. The van der Waals surface area contributed by atoms with Crippen LogP contribution in [0.2, 0.25) is 5.02 Å². The monoisotopic (exact) mass is 382 g/mol. The van der Waals surface area contributed by atoms with Crippen LogP contribution >= 0.6 is 11.6 Å². The van der Waals surface area contributed by atoms with Crippen LogP contribution in [-0.4, -0.2) is 31.1 Å². The lowest BCUT2D eigenvalue weighted by Crippen LogP contribution is -2.46. The van der Waals surface area contributed by atoms with E-state index < -0.39 is 0 Å². The lowest BCUT2D eigenvalue weighted by Gasteiger charge is -2.36. The highest BCUT2D eigenvalue weighted by Crippen LogP contribution is 2.27. The number of halogens is 1. The summed E-state index contributed by atoms with van der Waals surface area (Å²) in [5, 5.41) is 1.82. The van der Waals surface area contributed by atoms with E-state index >= 15 is 0 Å². The highest BCUT2D eigenvalue weighted by molar-refractivity contribution is 6.33. The molecule has 2 heterocycles. The fourth-order valence-corrected chi connectivity index (χ4v) is 3.98. The van der Waals surface area contributed by atoms with E-state index in [1.54, 1.807) is 6.07 Å². The average molecular weight is 383 g/mol. The van der Waals surface area contributed by atoms with Crippen molar-refractivity contribution < 1.29 is 4.42 Å². The van der Waals surface area contributed by atoms with Crippen molar-refractivity contribution in [1.29, 1.82) is 0 Å². The van der Waals surface area contributed by atoms with Gasteiger partial charge in [-0.1, -0.05) is 42.8 Å². The van der Waals surface area contributed by atoms with Crippen molar-refractivity contribution in [2.24, 2.45) is 0 Å². The summed E-state index contributed by atoms with van der Waals surface area (Å²) in [4.78, 5) is 16.7. The Balaban J connectivity index is 1.51. The lowest BCUT2D eigenvalue weighted by atomic mass is 10.1. The Morgan fingerprint density at radius 1 is 1.04 bits per heavy atom. The standard InChI is InChI=1S/C22H23ClN2O2/c1-2-16-7-8-18-17(14-22(26)27-21(18)13-16)15-24-9-11-25(12-10-24)20-6-4-3-5-19(20)23/h3-8,13-14H,2,9-12,15H2,1H3. The molecule has 27 heavy (non-hydrogen) atoms. The molecule has 0 spiro atoms. The van der Waals surface area contributed by atoms with Crippen LogP contribution in [-0.2, 0) is 13.0 Å². The maximum Gasteiger partial charge on any atom is 0.336 e. The Labute approximate surface area is 164 Å². The van der Waals surface area contributed by atoms with Crippen LogP contribution in [0.3, 0.4) is 0 Å². The first kappa shape index (κ1) is 18.1. The molecule has 0 unspecified atom stereocenters. The Morgan fingerprint density at radius 2 is 1.81 bits per heavy atom. The van der Waals surface area contributed by atoms with Crippen LogP contribution in [0.25, 0.3) is 11.0 Å². The van der Waals surface area contributed by atoms with Gasteiger partial charge in [0.15, 0.2) is 0 Å². The van der Waals surface area contributed by atoms with Gasteiger partial charge in [0, 0.05) is 44.2 Å². The lowest BCUT2D eigenvalue weighted by molar-refractivity contribution is 0.250. The molecule has 140 valence electrons. The number of aryl methyl sites for hydroxylation is 1. The molecule has 1 fully saturated rings. The summed E-state index contributed by atoms with van der Waals surface area (Å²) in [5.74, 6) is 0. The minimum Gasteiger partial charge on any atom is -0.423 e. The topological polar surface area (TPSA) is 36.7 Å². The number of hydrogen-bond donors (Lipinski definition) is 0. The van der Waals surface area contributed by atoms with Crippen molar-refractivity contribution in [3.05, 3.63) is 75.1 Å². The summed E-state index contributed by atoms with van der Waals surface area (Å²) in [6.07, 6.45) is 0.924. The predicted octanol–water partition coefficient (Wildman–Crippen LogP) is 4.33. The number of nitrogens with zero attached hydrogens (tertiary/aromatic N) is 2. The maximum absolute atomic E-state index is 12.0. The van der Waals surface area contributed by atoms with Gasteiger partial charge in [-0.3, -0.25) is 4.90 Å². The third-order valence-electron chi connectivity index (χ3n) is 5.26. The summed E-state index contributed by atoms with van der Waals surface area (Å²) < 4.78 is 5.43. The number of anilines is 1. The Morgan fingerprint density at radius 3 is 2.56 bits per heavy atom. The Kier molecular flexibility index (Phi) is 5.19. The van der Waals surface area contributed by atoms with Crippen molar-refractivity contribution in [3.8, 4) is 0 Å². The maximum atomic E-state index is 12.0. The van der Waals surface area contributed by atoms with Gasteiger partial charge in [-0.2, -0.15) is 0 Å². The van der Waals surface area contributed by atoms with Gasteiger partial charge >= 0.3 is 5.63 Å².